The molecule has 0 bridgehead atoms. The van der Waals surface area contributed by atoms with Crippen molar-refractivity contribution in [3.05, 3.63) is 23.9 Å². The first-order chi connectivity index (χ1) is 8.57. The average molecular weight is 260 g/mol. The second-order valence-electron chi connectivity index (χ2n) is 4.27. The van der Waals surface area contributed by atoms with Crippen LogP contribution >= 0.6 is 0 Å². The van der Waals surface area contributed by atoms with E-state index < -0.39 is 11.7 Å². The van der Waals surface area contributed by atoms with Gasteiger partial charge in [-0.25, -0.2) is 4.98 Å². The first-order valence-corrected chi connectivity index (χ1v) is 5.95. The number of hydrogen-bond acceptors (Lipinski definition) is 3. The molecule has 2 rings (SSSR count). The molecule has 100 valence electrons. The van der Waals surface area contributed by atoms with E-state index in [9.17, 15) is 13.2 Å². The Kier molecular flexibility index (Phi) is 4.06. The van der Waals surface area contributed by atoms with Crippen LogP contribution in [-0.4, -0.2) is 24.2 Å². The summed E-state index contributed by atoms with van der Waals surface area (Å²) >= 11 is 0. The second-order valence-corrected chi connectivity index (χ2v) is 4.27. The van der Waals surface area contributed by atoms with Crippen molar-refractivity contribution < 1.29 is 17.9 Å². The molecule has 0 aliphatic carbocycles. The van der Waals surface area contributed by atoms with Gasteiger partial charge in [0, 0.05) is 19.3 Å². The van der Waals surface area contributed by atoms with Gasteiger partial charge in [-0.15, -0.1) is 0 Å². The van der Waals surface area contributed by atoms with Gasteiger partial charge in [0.25, 0.3) is 0 Å². The van der Waals surface area contributed by atoms with Crippen molar-refractivity contribution in [1.82, 2.24) is 4.98 Å². The SMILES string of the molecule is FC(F)(F)c1cccnc1NCC1CCCCO1. The summed E-state index contributed by atoms with van der Waals surface area (Å²) < 4.78 is 43.6. The maximum Gasteiger partial charge on any atom is 0.419 e. The quantitative estimate of drug-likeness (QED) is 0.906. The third kappa shape index (κ3) is 3.35. The van der Waals surface area contributed by atoms with Gasteiger partial charge in [0.2, 0.25) is 0 Å². The van der Waals surface area contributed by atoms with E-state index >= 15 is 0 Å². The lowest BCUT2D eigenvalue weighted by Gasteiger charge is -2.23. The predicted molar refractivity (Wildman–Crippen MR) is 61.3 cm³/mol. The summed E-state index contributed by atoms with van der Waals surface area (Å²) in [4.78, 5) is 3.74. The number of pyridine rings is 1. The minimum absolute atomic E-state index is 0.0261. The Bertz CT molecular complexity index is 389. The van der Waals surface area contributed by atoms with Crippen molar-refractivity contribution >= 4 is 5.82 Å². The van der Waals surface area contributed by atoms with Gasteiger partial charge in [0.15, 0.2) is 0 Å². The Balaban J connectivity index is 2.00. The van der Waals surface area contributed by atoms with E-state index in [1.807, 2.05) is 0 Å². The van der Waals surface area contributed by atoms with Crippen LogP contribution in [0.2, 0.25) is 0 Å². The first kappa shape index (κ1) is 13.1. The molecule has 0 spiro atoms. The molecule has 1 aromatic rings. The topological polar surface area (TPSA) is 34.2 Å². The summed E-state index contributed by atoms with van der Waals surface area (Å²) in [5.74, 6) is -0.126. The minimum Gasteiger partial charge on any atom is -0.376 e. The summed E-state index contributed by atoms with van der Waals surface area (Å²) in [6.45, 7) is 1.04. The van der Waals surface area contributed by atoms with E-state index in [1.54, 1.807) is 0 Å². The minimum atomic E-state index is -4.38. The molecule has 1 aromatic heterocycles. The highest BCUT2D eigenvalue weighted by atomic mass is 19.4. The van der Waals surface area contributed by atoms with Crippen LogP contribution in [0.5, 0.6) is 0 Å². The van der Waals surface area contributed by atoms with Crippen molar-refractivity contribution in [3.8, 4) is 0 Å². The van der Waals surface area contributed by atoms with E-state index in [2.05, 4.69) is 10.3 Å². The third-order valence-electron chi connectivity index (χ3n) is 2.88. The van der Waals surface area contributed by atoms with E-state index in [0.29, 0.717) is 13.2 Å². The Morgan fingerprint density at radius 2 is 2.22 bits per heavy atom. The number of rotatable bonds is 3. The summed E-state index contributed by atoms with van der Waals surface area (Å²) in [7, 11) is 0. The van der Waals surface area contributed by atoms with Gasteiger partial charge >= 0.3 is 6.18 Å². The molecule has 1 saturated heterocycles. The molecule has 0 amide bonds. The number of aromatic nitrogens is 1. The Morgan fingerprint density at radius 1 is 1.39 bits per heavy atom. The number of hydrogen-bond donors (Lipinski definition) is 1. The van der Waals surface area contributed by atoms with Gasteiger partial charge < -0.3 is 10.1 Å². The van der Waals surface area contributed by atoms with E-state index in [4.69, 9.17) is 4.74 Å². The zero-order valence-corrected chi connectivity index (χ0v) is 9.83. The number of halogens is 3. The van der Waals surface area contributed by atoms with Crippen LogP contribution in [0.4, 0.5) is 19.0 Å². The molecule has 1 aliphatic rings. The van der Waals surface area contributed by atoms with E-state index in [0.717, 1.165) is 25.3 Å². The fourth-order valence-corrected chi connectivity index (χ4v) is 1.95. The van der Waals surface area contributed by atoms with Crippen LogP contribution < -0.4 is 5.32 Å². The first-order valence-electron chi connectivity index (χ1n) is 5.95. The second kappa shape index (κ2) is 5.56. The Labute approximate surface area is 103 Å². The Morgan fingerprint density at radius 3 is 2.89 bits per heavy atom. The van der Waals surface area contributed by atoms with Gasteiger partial charge in [0.05, 0.1) is 11.7 Å². The molecule has 1 fully saturated rings. The van der Waals surface area contributed by atoms with Crippen molar-refractivity contribution in [2.45, 2.75) is 31.5 Å². The largest absolute Gasteiger partial charge is 0.419 e. The molecule has 0 aromatic carbocycles. The molecule has 3 nitrogen and oxygen atoms in total. The summed E-state index contributed by atoms with van der Waals surface area (Å²) in [5, 5.41) is 2.73. The highest BCUT2D eigenvalue weighted by Crippen LogP contribution is 2.33. The summed E-state index contributed by atoms with van der Waals surface area (Å²) in [6.07, 6.45) is -0.110. The van der Waals surface area contributed by atoms with Gasteiger partial charge in [0.1, 0.15) is 5.82 Å². The molecular weight excluding hydrogens is 245 g/mol. The van der Waals surface area contributed by atoms with E-state index in [1.165, 1.54) is 12.3 Å². The van der Waals surface area contributed by atoms with Crippen molar-refractivity contribution in [1.29, 1.82) is 0 Å². The zero-order chi connectivity index (χ0) is 13.0. The molecule has 2 heterocycles. The number of nitrogens with one attached hydrogen (secondary N) is 1. The maximum absolute atomic E-state index is 12.7. The van der Waals surface area contributed by atoms with E-state index in [-0.39, 0.29) is 11.9 Å². The standard InChI is InChI=1S/C12H15F3N2O/c13-12(14,15)10-5-3-6-16-11(10)17-8-9-4-1-2-7-18-9/h3,5-6,9H,1-2,4,7-8H2,(H,16,17). The van der Waals surface area contributed by atoms with Crippen LogP contribution in [0.25, 0.3) is 0 Å². The van der Waals surface area contributed by atoms with Crippen LogP contribution in [0.1, 0.15) is 24.8 Å². The Hall–Kier alpha value is -1.30. The van der Waals surface area contributed by atoms with Gasteiger partial charge in [-0.2, -0.15) is 13.2 Å². The fraction of sp³-hybridized carbons (Fsp3) is 0.583. The lowest BCUT2D eigenvalue weighted by atomic mass is 10.1. The third-order valence-corrected chi connectivity index (χ3v) is 2.88. The maximum atomic E-state index is 12.7. The smallest absolute Gasteiger partial charge is 0.376 e. The molecule has 1 N–H and O–H groups in total. The van der Waals surface area contributed by atoms with Crippen LogP contribution in [0.15, 0.2) is 18.3 Å². The fourth-order valence-electron chi connectivity index (χ4n) is 1.95. The van der Waals surface area contributed by atoms with Crippen LogP contribution in [0, 0.1) is 0 Å². The highest BCUT2D eigenvalue weighted by molar-refractivity contribution is 5.45. The molecular formula is C12H15F3N2O. The molecule has 6 heteroatoms. The lowest BCUT2D eigenvalue weighted by Crippen LogP contribution is -2.28. The predicted octanol–water partition coefficient (Wildman–Crippen LogP) is 3.08. The van der Waals surface area contributed by atoms with Crippen molar-refractivity contribution in [3.63, 3.8) is 0 Å². The zero-order valence-electron chi connectivity index (χ0n) is 9.83. The lowest BCUT2D eigenvalue weighted by molar-refractivity contribution is -0.137. The number of nitrogens with zero attached hydrogens (tertiary/aromatic N) is 1. The molecule has 18 heavy (non-hydrogen) atoms. The molecule has 1 unspecified atom stereocenters. The number of anilines is 1. The monoisotopic (exact) mass is 260 g/mol. The normalized spacial score (nSPS) is 20.7. The van der Waals surface area contributed by atoms with Gasteiger partial charge in [-0.05, 0) is 31.4 Å². The average Bonchev–Trinajstić information content (AvgIpc) is 2.37. The summed E-state index contributed by atoms with van der Waals surface area (Å²) in [5.41, 5.74) is -0.735. The molecule has 1 aliphatic heterocycles. The van der Waals surface area contributed by atoms with Crippen LogP contribution in [0.3, 0.4) is 0 Å². The van der Waals surface area contributed by atoms with Gasteiger partial charge in [-0.1, -0.05) is 0 Å². The number of alkyl halides is 3. The van der Waals surface area contributed by atoms with Crippen molar-refractivity contribution in [2.24, 2.45) is 0 Å². The van der Waals surface area contributed by atoms with Crippen molar-refractivity contribution in [2.75, 3.05) is 18.5 Å². The van der Waals surface area contributed by atoms with Crippen LogP contribution in [-0.2, 0) is 10.9 Å². The summed E-state index contributed by atoms with van der Waals surface area (Å²) in [6, 6.07) is 2.31. The molecule has 0 saturated carbocycles. The molecule has 1 atom stereocenters. The highest BCUT2D eigenvalue weighted by Gasteiger charge is 2.34. The van der Waals surface area contributed by atoms with Gasteiger partial charge in [-0.3, -0.25) is 0 Å². The number of ether oxygens (including phenoxy) is 1. The molecule has 0 radical (unpaired) electrons.